The van der Waals surface area contributed by atoms with Gasteiger partial charge in [-0.1, -0.05) is 0 Å². The zero-order chi connectivity index (χ0) is 28.4. The van der Waals surface area contributed by atoms with Crippen molar-refractivity contribution >= 4 is 23.1 Å². The highest BCUT2D eigenvalue weighted by Gasteiger charge is 2.51. The highest BCUT2D eigenvalue weighted by molar-refractivity contribution is 6.99. The molecule has 2 aromatic heterocycles. The maximum Gasteiger partial charge on any atom is 0.417 e. The van der Waals surface area contributed by atoms with Crippen LogP contribution in [-0.2, 0) is 18.5 Å². The smallest absolute Gasteiger partial charge is 0.417 e. The van der Waals surface area contributed by atoms with Crippen molar-refractivity contribution < 1.29 is 53.7 Å². The van der Waals surface area contributed by atoms with Gasteiger partial charge in [-0.25, -0.2) is 19.9 Å². The number of alkyl halides is 9. The first-order valence-electron chi connectivity index (χ1n) is 11.0. The topological polar surface area (TPSA) is 79.3 Å². The van der Waals surface area contributed by atoms with Gasteiger partial charge < -0.3 is 14.2 Å². The molecule has 0 radical (unpaired) electrons. The van der Waals surface area contributed by atoms with Gasteiger partial charge in [-0.2, -0.15) is 39.5 Å². The summed E-state index contributed by atoms with van der Waals surface area (Å²) in [6.45, 7) is -0.989. The molecular weight excluding hydrogens is 562 g/mol. The van der Waals surface area contributed by atoms with E-state index in [-0.39, 0.29) is 57.8 Å². The van der Waals surface area contributed by atoms with Crippen molar-refractivity contribution in [3.05, 3.63) is 53.6 Å². The fraction of sp³-hybridized carbons (Fsp3) is 0.130. The zero-order valence-corrected chi connectivity index (χ0v) is 19.0. The van der Waals surface area contributed by atoms with E-state index in [1.54, 1.807) is 0 Å². The minimum Gasteiger partial charge on any atom is -0.440 e. The molecule has 4 aromatic rings. The zero-order valence-electron chi connectivity index (χ0n) is 19.0. The van der Waals surface area contributed by atoms with E-state index in [2.05, 4.69) is 19.9 Å². The van der Waals surface area contributed by atoms with Gasteiger partial charge in [0, 0.05) is 16.6 Å². The van der Waals surface area contributed by atoms with Gasteiger partial charge in [0.15, 0.2) is 0 Å². The van der Waals surface area contributed by atoms with Gasteiger partial charge in [-0.3, -0.25) is 0 Å². The van der Waals surface area contributed by atoms with E-state index in [4.69, 9.17) is 14.2 Å². The number of rotatable bonds is 1. The maximum atomic E-state index is 14.2. The molecule has 0 amide bonds. The van der Waals surface area contributed by atoms with Gasteiger partial charge >= 0.3 is 18.5 Å². The first kappa shape index (κ1) is 24.5. The predicted octanol–water partition coefficient (Wildman–Crippen LogP) is 4.82. The number of aromatic nitrogens is 4. The molecule has 5 heterocycles. The molecule has 2 aromatic carbocycles. The van der Waals surface area contributed by atoms with E-state index in [1.165, 1.54) is 0 Å². The van der Waals surface area contributed by atoms with Crippen LogP contribution in [0.5, 0.6) is 35.0 Å². The average molecular weight is 568 g/mol. The molecule has 0 aliphatic carbocycles. The largest absolute Gasteiger partial charge is 0.440 e. The van der Waals surface area contributed by atoms with E-state index < -0.39 is 58.8 Å². The van der Waals surface area contributed by atoms with Gasteiger partial charge in [-0.05, 0) is 24.3 Å². The van der Waals surface area contributed by atoms with E-state index in [1.807, 2.05) is 0 Å². The van der Waals surface area contributed by atoms with Crippen LogP contribution >= 0.6 is 0 Å². The molecule has 3 aliphatic rings. The summed E-state index contributed by atoms with van der Waals surface area (Å²) in [6.07, 6.45) is -14.6. The van der Waals surface area contributed by atoms with Crippen LogP contribution in [0.25, 0.3) is 11.1 Å². The SMILES string of the molecule is FC(F)(F)c1cc(C(F)(F)F)c(-c2ccc3c4c2Oc2ncnc5c2B4c2c(ncnc2O5)O3)c(C(F)(F)F)c1. The Bertz CT molecular complexity index is 1700. The van der Waals surface area contributed by atoms with Crippen LogP contribution in [0.2, 0.25) is 0 Å². The lowest BCUT2D eigenvalue weighted by Crippen LogP contribution is -2.60. The molecule has 40 heavy (non-hydrogen) atoms. The summed E-state index contributed by atoms with van der Waals surface area (Å²) in [5, 5.41) is 0. The second-order valence-electron chi connectivity index (χ2n) is 8.83. The van der Waals surface area contributed by atoms with E-state index >= 15 is 0 Å². The summed E-state index contributed by atoms with van der Waals surface area (Å²) in [6, 6.07) is 1.21. The molecule has 0 N–H and O–H groups in total. The van der Waals surface area contributed by atoms with Gasteiger partial charge in [0.25, 0.3) is 6.71 Å². The molecule has 0 bridgehead atoms. The first-order valence-corrected chi connectivity index (χ1v) is 11.0. The lowest BCUT2D eigenvalue weighted by molar-refractivity contribution is -0.147. The lowest BCUT2D eigenvalue weighted by Gasteiger charge is -2.35. The fourth-order valence-corrected chi connectivity index (χ4v) is 5.07. The summed E-state index contributed by atoms with van der Waals surface area (Å²) in [7, 11) is 0. The number of halogens is 9. The van der Waals surface area contributed by atoms with Crippen LogP contribution in [0.4, 0.5) is 39.5 Å². The Labute approximate surface area is 215 Å². The predicted molar refractivity (Wildman–Crippen MR) is 116 cm³/mol. The fourth-order valence-electron chi connectivity index (χ4n) is 5.07. The lowest BCUT2D eigenvalue weighted by atomic mass is 9.35. The molecule has 0 atom stereocenters. The molecule has 0 saturated heterocycles. The van der Waals surface area contributed by atoms with Crippen LogP contribution in [0, 0.1) is 0 Å². The molecule has 17 heteroatoms. The Hall–Kier alpha value is -4.57. The Morgan fingerprint density at radius 2 is 1.07 bits per heavy atom. The second-order valence-corrected chi connectivity index (χ2v) is 8.83. The highest BCUT2D eigenvalue weighted by atomic mass is 19.4. The van der Waals surface area contributed by atoms with Crippen molar-refractivity contribution in [1.82, 2.24) is 19.9 Å². The van der Waals surface area contributed by atoms with Gasteiger partial charge in [0.2, 0.25) is 23.5 Å². The third-order valence-corrected chi connectivity index (χ3v) is 6.59. The minimum absolute atomic E-state index is 0.00467. The molecule has 0 spiro atoms. The third kappa shape index (κ3) is 3.35. The van der Waals surface area contributed by atoms with Crippen LogP contribution < -0.4 is 30.6 Å². The molecule has 0 saturated carbocycles. The molecule has 0 fully saturated rings. The quantitative estimate of drug-likeness (QED) is 0.208. The summed E-state index contributed by atoms with van der Waals surface area (Å²) < 4.78 is 143. The average Bonchev–Trinajstić information content (AvgIpc) is 2.86. The highest BCUT2D eigenvalue weighted by Crippen LogP contribution is 2.51. The summed E-state index contributed by atoms with van der Waals surface area (Å²) >= 11 is 0. The van der Waals surface area contributed by atoms with Crippen LogP contribution in [0.3, 0.4) is 0 Å². The Kier molecular flexibility index (Phi) is 4.62. The Balaban J connectivity index is 1.58. The van der Waals surface area contributed by atoms with Crippen molar-refractivity contribution in [2.75, 3.05) is 0 Å². The second kappa shape index (κ2) is 7.54. The number of ether oxygens (including phenoxy) is 3. The van der Waals surface area contributed by atoms with Crippen molar-refractivity contribution in [2.24, 2.45) is 0 Å². The van der Waals surface area contributed by atoms with Gasteiger partial charge in [-0.15, -0.1) is 0 Å². The van der Waals surface area contributed by atoms with Crippen molar-refractivity contribution in [1.29, 1.82) is 0 Å². The molecule has 3 aliphatic heterocycles. The molecule has 7 nitrogen and oxygen atoms in total. The monoisotopic (exact) mass is 568 g/mol. The van der Waals surface area contributed by atoms with Crippen LogP contribution in [0.1, 0.15) is 16.7 Å². The van der Waals surface area contributed by atoms with E-state index in [0.29, 0.717) is 0 Å². The molecule has 0 unspecified atom stereocenters. The normalized spacial score (nSPS) is 14.7. The van der Waals surface area contributed by atoms with Crippen LogP contribution in [0.15, 0.2) is 36.9 Å². The number of hydrogen-bond donors (Lipinski definition) is 0. The van der Waals surface area contributed by atoms with Gasteiger partial charge in [0.05, 0.1) is 27.6 Å². The van der Waals surface area contributed by atoms with Gasteiger partial charge in [0.1, 0.15) is 24.2 Å². The number of benzene rings is 2. The standard InChI is InChI=1S/C23H6BF9N4O3/c25-21(26,27)7-3-9(22(28,29)30)12(10(4-7)23(31,32)33)8-1-2-11-13-16(8)39-18-15-20(37-6-35-18)40-19-14(24(13)15)17(38-11)34-5-36-19/h1-6H. The van der Waals surface area contributed by atoms with Crippen molar-refractivity contribution in [3.63, 3.8) is 0 Å². The van der Waals surface area contributed by atoms with Crippen molar-refractivity contribution in [2.45, 2.75) is 18.5 Å². The molecular formula is C23H6BF9N4O3. The Morgan fingerprint density at radius 3 is 1.57 bits per heavy atom. The van der Waals surface area contributed by atoms with E-state index in [0.717, 1.165) is 24.8 Å². The van der Waals surface area contributed by atoms with Crippen molar-refractivity contribution in [3.8, 4) is 46.1 Å². The number of hydrogen-bond acceptors (Lipinski definition) is 7. The minimum atomic E-state index is -5.62. The summed E-state index contributed by atoms with van der Waals surface area (Å²) in [4.78, 5) is 16.0. The summed E-state index contributed by atoms with van der Waals surface area (Å²) in [5.74, 6) is -0.868. The Morgan fingerprint density at radius 1 is 0.575 bits per heavy atom. The molecule has 202 valence electrons. The summed E-state index contributed by atoms with van der Waals surface area (Å²) in [5.41, 5.74) is -8.39. The first-order chi connectivity index (χ1) is 18.7. The molecule has 7 rings (SSSR count). The van der Waals surface area contributed by atoms with Crippen LogP contribution in [-0.4, -0.2) is 26.6 Å². The third-order valence-electron chi connectivity index (χ3n) is 6.59. The van der Waals surface area contributed by atoms with E-state index in [9.17, 15) is 39.5 Å². The maximum absolute atomic E-state index is 14.2. The number of nitrogens with zero attached hydrogens (tertiary/aromatic N) is 4.